The molecule has 0 bridgehead atoms. The molecular weight excluding hydrogens is 366 g/mol. The number of amides is 1. The number of fused-ring (bicyclic) bond motifs is 1. The van der Waals surface area contributed by atoms with E-state index in [0.29, 0.717) is 23.8 Å². The first kappa shape index (κ1) is 19.1. The number of carbonyl (C=O) groups is 1. The van der Waals surface area contributed by atoms with Crippen molar-refractivity contribution in [2.24, 2.45) is 0 Å². The molecule has 2 heterocycles. The van der Waals surface area contributed by atoms with Crippen LogP contribution < -0.4 is 19.7 Å². The monoisotopic (exact) mass is 391 g/mol. The molecule has 6 heteroatoms. The Bertz CT molecular complexity index is 1000. The van der Waals surface area contributed by atoms with Gasteiger partial charge in [-0.05, 0) is 50.1 Å². The average molecular weight is 391 g/mol. The van der Waals surface area contributed by atoms with Crippen molar-refractivity contribution in [2.45, 2.75) is 19.8 Å². The third-order valence-corrected chi connectivity index (χ3v) is 4.92. The van der Waals surface area contributed by atoms with Gasteiger partial charge in [0.2, 0.25) is 0 Å². The van der Waals surface area contributed by atoms with Crippen molar-refractivity contribution in [1.29, 1.82) is 0 Å². The summed E-state index contributed by atoms with van der Waals surface area (Å²) in [6.45, 7) is 4.40. The van der Waals surface area contributed by atoms with E-state index in [9.17, 15) is 4.79 Å². The first-order valence-corrected chi connectivity index (χ1v) is 10.0. The SMILES string of the molecule is CCOc1ccccc1NC(=O)COc1cccc2ccc(N3CCCC3)nc12. The molecule has 0 radical (unpaired) electrons. The van der Waals surface area contributed by atoms with Crippen LogP contribution in [0.15, 0.2) is 54.6 Å². The number of carbonyl (C=O) groups excluding carboxylic acids is 1. The van der Waals surface area contributed by atoms with E-state index in [2.05, 4.69) is 22.3 Å². The lowest BCUT2D eigenvalue weighted by molar-refractivity contribution is -0.118. The van der Waals surface area contributed by atoms with Crippen LogP contribution in [0.4, 0.5) is 11.5 Å². The van der Waals surface area contributed by atoms with E-state index in [1.165, 1.54) is 12.8 Å². The number of hydrogen-bond donors (Lipinski definition) is 1. The van der Waals surface area contributed by atoms with Gasteiger partial charge in [-0.25, -0.2) is 4.98 Å². The lowest BCUT2D eigenvalue weighted by atomic mass is 10.2. The Morgan fingerprint density at radius 3 is 2.62 bits per heavy atom. The van der Waals surface area contributed by atoms with Crippen LogP contribution in [0.1, 0.15) is 19.8 Å². The second-order valence-corrected chi connectivity index (χ2v) is 6.96. The Hall–Kier alpha value is -3.28. The van der Waals surface area contributed by atoms with Crippen LogP contribution in [-0.4, -0.2) is 37.2 Å². The van der Waals surface area contributed by atoms with Crippen LogP contribution >= 0.6 is 0 Å². The van der Waals surface area contributed by atoms with Gasteiger partial charge in [0.05, 0.1) is 12.3 Å². The van der Waals surface area contributed by atoms with E-state index in [0.717, 1.165) is 29.8 Å². The number of pyridine rings is 1. The standard InChI is InChI=1S/C23H25N3O3/c1-2-28-19-10-4-3-9-18(19)24-22(27)16-29-20-11-7-8-17-12-13-21(25-23(17)20)26-14-5-6-15-26/h3-4,7-13H,2,5-6,14-16H2,1H3,(H,24,27). The maximum atomic E-state index is 12.4. The molecule has 1 aliphatic heterocycles. The molecule has 1 aliphatic rings. The highest BCUT2D eigenvalue weighted by Crippen LogP contribution is 2.28. The first-order chi connectivity index (χ1) is 14.2. The van der Waals surface area contributed by atoms with E-state index in [1.807, 2.05) is 49.4 Å². The van der Waals surface area contributed by atoms with Crippen LogP contribution in [0, 0.1) is 0 Å². The summed E-state index contributed by atoms with van der Waals surface area (Å²) in [5, 5.41) is 3.85. The van der Waals surface area contributed by atoms with Crippen LogP contribution in [0.5, 0.6) is 11.5 Å². The van der Waals surface area contributed by atoms with Crippen LogP contribution in [-0.2, 0) is 4.79 Å². The molecule has 2 aromatic carbocycles. The summed E-state index contributed by atoms with van der Waals surface area (Å²) < 4.78 is 11.4. The van der Waals surface area contributed by atoms with E-state index in [1.54, 1.807) is 0 Å². The first-order valence-electron chi connectivity index (χ1n) is 10.0. The molecule has 0 atom stereocenters. The van der Waals surface area contributed by atoms with Crippen molar-refractivity contribution in [3.05, 3.63) is 54.6 Å². The largest absolute Gasteiger partial charge is 0.492 e. The molecule has 1 fully saturated rings. The summed E-state index contributed by atoms with van der Waals surface area (Å²) in [7, 11) is 0. The number of ether oxygens (including phenoxy) is 2. The van der Waals surface area contributed by atoms with Gasteiger partial charge in [0.15, 0.2) is 6.61 Å². The summed E-state index contributed by atoms with van der Waals surface area (Å²) in [6, 6.07) is 17.2. The smallest absolute Gasteiger partial charge is 0.262 e. The van der Waals surface area contributed by atoms with Gasteiger partial charge in [0.25, 0.3) is 5.91 Å². The zero-order valence-electron chi connectivity index (χ0n) is 16.6. The third kappa shape index (κ3) is 4.42. The molecular formula is C23H25N3O3. The number of hydrogen-bond acceptors (Lipinski definition) is 5. The highest BCUT2D eigenvalue weighted by Gasteiger charge is 2.15. The number of anilines is 2. The summed E-state index contributed by atoms with van der Waals surface area (Å²) >= 11 is 0. The lowest BCUT2D eigenvalue weighted by Gasteiger charge is -2.17. The van der Waals surface area contributed by atoms with Crippen molar-refractivity contribution >= 4 is 28.3 Å². The molecule has 1 N–H and O–H groups in total. The number of rotatable bonds is 7. The fraction of sp³-hybridized carbons (Fsp3) is 0.304. The Morgan fingerprint density at radius 1 is 1.00 bits per heavy atom. The number of benzene rings is 2. The van der Waals surface area contributed by atoms with Crippen molar-refractivity contribution in [3.8, 4) is 11.5 Å². The normalized spacial score (nSPS) is 13.5. The number of nitrogens with one attached hydrogen (secondary N) is 1. The van der Waals surface area contributed by atoms with E-state index >= 15 is 0 Å². The van der Waals surface area contributed by atoms with Crippen LogP contribution in [0.2, 0.25) is 0 Å². The molecule has 1 amide bonds. The van der Waals surface area contributed by atoms with Crippen molar-refractivity contribution in [2.75, 3.05) is 36.5 Å². The van der Waals surface area contributed by atoms with Crippen molar-refractivity contribution in [1.82, 2.24) is 4.98 Å². The Morgan fingerprint density at radius 2 is 1.79 bits per heavy atom. The van der Waals surface area contributed by atoms with Gasteiger partial charge in [-0.1, -0.05) is 24.3 Å². The van der Waals surface area contributed by atoms with Gasteiger partial charge in [-0.15, -0.1) is 0 Å². The lowest BCUT2D eigenvalue weighted by Crippen LogP contribution is -2.21. The zero-order valence-corrected chi connectivity index (χ0v) is 16.6. The summed E-state index contributed by atoms with van der Waals surface area (Å²) in [5.41, 5.74) is 1.41. The average Bonchev–Trinajstić information content (AvgIpc) is 3.28. The van der Waals surface area contributed by atoms with Crippen LogP contribution in [0.3, 0.4) is 0 Å². The molecule has 1 saturated heterocycles. The Labute approximate surface area is 170 Å². The second-order valence-electron chi connectivity index (χ2n) is 6.96. The number of nitrogens with zero attached hydrogens (tertiary/aromatic N) is 2. The molecule has 4 rings (SSSR count). The number of para-hydroxylation sites is 3. The van der Waals surface area contributed by atoms with Gasteiger partial charge < -0.3 is 19.7 Å². The summed E-state index contributed by atoms with van der Waals surface area (Å²) in [6.07, 6.45) is 2.39. The minimum absolute atomic E-state index is 0.102. The van der Waals surface area contributed by atoms with E-state index < -0.39 is 0 Å². The van der Waals surface area contributed by atoms with Gasteiger partial charge in [-0.3, -0.25) is 4.79 Å². The predicted octanol–water partition coefficient (Wildman–Crippen LogP) is 4.25. The molecule has 29 heavy (non-hydrogen) atoms. The maximum Gasteiger partial charge on any atom is 0.262 e. The minimum atomic E-state index is -0.246. The van der Waals surface area contributed by atoms with Gasteiger partial charge in [-0.2, -0.15) is 0 Å². The second kappa shape index (κ2) is 8.82. The molecule has 150 valence electrons. The Kier molecular flexibility index (Phi) is 5.79. The van der Waals surface area contributed by atoms with Gasteiger partial charge in [0, 0.05) is 18.5 Å². The zero-order chi connectivity index (χ0) is 20.1. The molecule has 0 spiro atoms. The molecule has 3 aromatic rings. The Balaban J connectivity index is 1.47. The predicted molar refractivity (Wildman–Crippen MR) is 115 cm³/mol. The van der Waals surface area contributed by atoms with Gasteiger partial charge >= 0.3 is 0 Å². The topological polar surface area (TPSA) is 63.7 Å². The van der Waals surface area contributed by atoms with Crippen LogP contribution in [0.25, 0.3) is 10.9 Å². The molecule has 0 aliphatic carbocycles. The van der Waals surface area contributed by atoms with E-state index in [-0.39, 0.29) is 12.5 Å². The third-order valence-electron chi connectivity index (χ3n) is 4.92. The fourth-order valence-electron chi connectivity index (χ4n) is 3.53. The van der Waals surface area contributed by atoms with Crippen molar-refractivity contribution in [3.63, 3.8) is 0 Å². The van der Waals surface area contributed by atoms with E-state index in [4.69, 9.17) is 14.5 Å². The molecule has 1 aromatic heterocycles. The fourth-order valence-corrected chi connectivity index (χ4v) is 3.53. The molecule has 6 nitrogen and oxygen atoms in total. The summed E-state index contributed by atoms with van der Waals surface area (Å²) in [5.74, 6) is 1.97. The highest BCUT2D eigenvalue weighted by atomic mass is 16.5. The maximum absolute atomic E-state index is 12.4. The van der Waals surface area contributed by atoms with Gasteiger partial charge in [0.1, 0.15) is 22.8 Å². The highest BCUT2D eigenvalue weighted by molar-refractivity contribution is 5.94. The molecule has 0 unspecified atom stereocenters. The summed E-state index contributed by atoms with van der Waals surface area (Å²) in [4.78, 5) is 19.5. The van der Waals surface area contributed by atoms with Crippen molar-refractivity contribution < 1.29 is 14.3 Å². The molecule has 0 saturated carbocycles. The number of aromatic nitrogens is 1. The minimum Gasteiger partial charge on any atom is -0.492 e. The quantitative estimate of drug-likeness (QED) is 0.652.